The molecule has 1 unspecified atom stereocenters. The van der Waals surface area contributed by atoms with Gasteiger partial charge in [0.1, 0.15) is 10.6 Å². The molecule has 1 atom stereocenters. The highest BCUT2D eigenvalue weighted by Crippen LogP contribution is 2.34. The number of fused-ring (bicyclic) bond motifs is 1. The van der Waals surface area contributed by atoms with E-state index in [1.165, 1.54) is 15.9 Å². The van der Waals surface area contributed by atoms with Crippen molar-refractivity contribution in [3.8, 4) is 17.0 Å². The fourth-order valence-electron chi connectivity index (χ4n) is 3.34. The monoisotopic (exact) mass is 480 g/mol. The average molecular weight is 481 g/mol. The normalized spacial score (nSPS) is 14.2. The summed E-state index contributed by atoms with van der Waals surface area (Å²) < 4.78 is 7.02. The summed E-state index contributed by atoms with van der Waals surface area (Å²) in [6, 6.07) is 12.4. The Balaban J connectivity index is 1.53. The van der Waals surface area contributed by atoms with Gasteiger partial charge in [0.05, 0.1) is 22.6 Å². The van der Waals surface area contributed by atoms with Crippen LogP contribution in [0, 0.1) is 0 Å². The molecule has 3 heterocycles. The third-order valence-corrected chi connectivity index (χ3v) is 7.10. The van der Waals surface area contributed by atoms with Crippen LogP contribution >= 0.6 is 23.1 Å². The summed E-state index contributed by atoms with van der Waals surface area (Å²) in [6.45, 7) is 1.68. The number of rotatable bonds is 6. The number of imide groups is 1. The second kappa shape index (κ2) is 8.87. The van der Waals surface area contributed by atoms with Crippen LogP contribution in [0.5, 0.6) is 0 Å². The van der Waals surface area contributed by atoms with E-state index < -0.39 is 17.2 Å². The van der Waals surface area contributed by atoms with Gasteiger partial charge >= 0.3 is 6.03 Å². The molecule has 2 N–H and O–H groups in total. The first-order chi connectivity index (χ1) is 16.0. The molecule has 8 nitrogen and oxygen atoms in total. The maximum absolute atomic E-state index is 13.7. The van der Waals surface area contributed by atoms with Crippen LogP contribution in [0.25, 0.3) is 27.2 Å². The van der Waals surface area contributed by atoms with E-state index in [0.717, 1.165) is 24.6 Å². The van der Waals surface area contributed by atoms with Crippen LogP contribution < -0.4 is 16.2 Å². The Labute approximate surface area is 197 Å². The number of hydrogen-bond acceptors (Lipinski definition) is 7. The number of amides is 3. The van der Waals surface area contributed by atoms with Crippen molar-refractivity contribution in [2.75, 3.05) is 0 Å². The molecule has 10 heteroatoms. The van der Waals surface area contributed by atoms with Crippen LogP contribution in [0.4, 0.5) is 4.79 Å². The first kappa shape index (κ1) is 21.5. The van der Waals surface area contributed by atoms with Crippen molar-refractivity contribution in [3.63, 3.8) is 0 Å². The molecule has 1 aromatic carbocycles. The minimum absolute atomic E-state index is 0.148. The van der Waals surface area contributed by atoms with E-state index in [-0.39, 0.29) is 11.6 Å². The minimum atomic E-state index is -0.654. The zero-order valence-electron chi connectivity index (χ0n) is 17.6. The Morgan fingerprint density at radius 3 is 2.70 bits per heavy atom. The lowest BCUT2D eigenvalue weighted by Crippen LogP contribution is -2.43. The van der Waals surface area contributed by atoms with Crippen LogP contribution in [0.2, 0.25) is 0 Å². The zero-order valence-corrected chi connectivity index (χ0v) is 19.2. The van der Waals surface area contributed by atoms with Gasteiger partial charge in [0.15, 0.2) is 5.16 Å². The standard InChI is InChI=1S/C23H20N4O4S2/c1-13(19(28)25-22(30)24-14-9-10-14)33-23-26-20-18(16(12-32-20)17-8-5-11-31-17)21(29)27(23)15-6-3-2-4-7-15/h2-8,11-14H,9-10H2,1H3,(H2,24,25,28,30). The van der Waals surface area contributed by atoms with E-state index in [1.807, 2.05) is 35.7 Å². The highest BCUT2D eigenvalue weighted by atomic mass is 32.2. The van der Waals surface area contributed by atoms with Crippen molar-refractivity contribution in [2.24, 2.45) is 0 Å². The van der Waals surface area contributed by atoms with Crippen LogP contribution in [-0.4, -0.2) is 32.8 Å². The fourth-order valence-corrected chi connectivity index (χ4v) is 5.24. The molecular weight excluding hydrogens is 460 g/mol. The van der Waals surface area contributed by atoms with Crippen molar-refractivity contribution in [1.82, 2.24) is 20.2 Å². The van der Waals surface area contributed by atoms with E-state index in [0.29, 0.717) is 32.4 Å². The highest BCUT2D eigenvalue weighted by Gasteiger charge is 2.27. The average Bonchev–Trinajstić information content (AvgIpc) is 3.26. The summed E-state index contributed by atoms with van der Waals surface area (Å²) in [4.78, 5) is 43.5. The van der Waals surface area contributed by atoms with E-state index >= 15 is 0 Å². The van der Waals surface area contributed by atoms with Gasteiger partial charge in [-0.1, -0.05) is 30.0 Å². The van der Waals surface area contributed by atoms with Crippen LogP contribution in [0.15, 0.2) is 68.5 Å². The SMILES string of the molecule is CC(Sc1nc2scc(-c3ccco3)c2c(=O)n1-c1ccccc1)C(=O)NC(=O)NC1CC1. The largest absolute Gasteiger partial charge is 0.464 e. The molecular formula is C23H20N4O4S2. The van der Waals surface area contributed by atoms with Crippen LogP contribution in [-0.2, 0) is 4.79 Å². The van der Waals surface area contributed by atoms with Gasteiger partial charge in [0, 0.05) is 17.0 Å². The second-order valence-electron chi connectivity index (χ2n) is 7.67. The number of thiophene rings is 1. The lowest BCUT2D eigenvalue weighted by Gasteiger charge is -2.16. The summed E-state index contributed by atoms with van der Waals surface area (Å²) in [7, 11) is 0. The smallest absolute Gasteiger partial charge is 0.321 e. The first-order valence-corrected chi connectivity index (χ1v) is 12.2. The van der Waals surface area contributed by atoms with Gasteiger partial charge in [-0.25, -0.2) is 9.78 Å². The highest BCUT2D eigenvalue weighted by molar-refractivity contribution is 8.00. The molecule has 1 aliphatic carbocycles. The summed E-state index contributed by atoms with van der Waals surface area (Å²) in [5, 5.41) is 7.13. The number of thioether (sulfide) groups is 1. The zero-order chi connectivity index (χ0) is 22.9. The topological polar surface area (TPSA) is 106 Å². The maximum atomic E-state index is 13.7. The van der Waals surface area contributed by atoms with Crippen molar-refractivity contribution < 1.29 is 14.0 Å². The van der Waals surface area contributed by atoms with E-state index in [4.69, 9.17) is 9.40 Å². The van der Waals surface area contributed by atoms with Gasteiger partial charge in [0.25, 0.3) is 5.56 Å². The molecule has 0 aliphatic heterocycles. The molecule has 33 heavy (non-hydrogen) atoms. The molecule has 3 aromatic heterocycles. The van der Waals surface area contributed by atoms with Gasteiger partial charge in [0.2, 0.25) is 5.91 Å². The van der Waals surface area contributed by atoms with Gasteiger partial charge in [-0.3, -0.25) is 19.5 Å². The van der Waals surface area contributed by atoms with E-state index in [9.17, 15) is 14.4 Å². The molecule has 0 spiro atoms. The quantitative estimate of drug-likeness (QED) is 0.317. The van der Waals surface area contributed by atoms with Gasteiger partial charge in [-0.15, -0.1) is 11.3 Å². The maximum Gasteiger partial charge on any atom is 0.321 e. The molecule has 0 bridgehead atoms. The number of para-hydroxylation sites is 1. The van der Waals surface area contributed by atoms with Crippen molar-refractivity contribution in [1.29, 1.82) is 0 Å². The Morgan fingerprint density at radius 2 is 2.00 bits per heavy atom. The third-order valence-electron chi connectivity index (χ3n) is 5.18. The Bertz CT molecular complexity index is 1370. The lowest BCUT2D eigenvalue weighted by molar-refractivity contribution is -0.119. The van der Waals surface area contributed by atoms with Crippen LogP contribution in [0.1, 0.15) is 19.8 Å². The molecule has 1 fully saturated rings. The van der Waals surface area contributed by atoms with Crippen molar-refractivity contribution >= 4 is 45.3 Å². The van der Waals surface area contributed by atoms with E-state index in [1.54, 1.807) is 25.3 Å². The molecule has 0 radical (unpaired) electrons. The minimum Gasteiger partial charge on any atom is -0.464 e. The predicted octanol–water partition coefficient (Wildman–Crippen LogP) is 4.18. The predicted molar refractivity (Wildman–Crippen MR) is 128 cm³/mol. The number of nitrogens with one attached hydrogen (secondary N) is 2. The van der Waals surface area contributed by atoms with Gasteiger partial charge in [-0.05, 0) is 44.0 Å². The van der Waals surface area contributed by atoms with Crippen LogP contribution in [0.3, 0.4) is 0 Å². The summed E-state index contributed by atoms with van der Waals surface area (Å²) >= 11 is 2.47. The first-order valence-electron chi connectivity index (χ1n) is 10.4. The van der Waals surface area contributed by atoms with E-state index in [2.05, 4.69) is 10.6 Å². The molecule has 1 aliphatic rings. The van der Waals surface area contributed by atoms with Gasteiger partial charge in [-0.2, -0.15) is 0 Å². The Kier molecular flexibility index (Phi) is 5.77. The van der Waals surface area contributed by atoms with Crippen molar-refractivity contribution in [3.05, 3.63) is 64.5 Å². The summed E-state index contributed by atoms with van der Waals surface area (Å²) in [6.07, 6.45) is 3.42. The molecule has 0 saturated heterocycles. The number of nitrogens with zero attached hydrogens (tertiary/aromatic N) is 2. The number of carbonyl (C=O) groups is 2. The summed E-state index contributed by atoms with van der Waals surface area (Å²) in [5.74, 6) is 0.143. The lowest BCUT2D eigenvalue weighted by atomic mass is 10.2. The molecule has 5 rings (SSSR count). The number of furan rings is 1. The second-order valence-corrected chi connectivity index (χ2v) is 9.84. The Hall–Kier alpha value is -3.37. The number of urea groups is 1. The molecule has 1 saturated carbocycles. The number of hydrogen-bond donors (Lipinski definition) is 2. The fraction of sp³-hybridized carbons (Fsp3) is 0.217. The number of benzene rings is 1. The Morgan fingerprint density at radius 1 is 1.21 bits per heavy atom. The van der Waals surface area contributed by atoms with Crippen molar-refractivity contribution in [2.45, 2.75) is 36.2 Å². The third kappa shape index (κ3) is 4.44. The number of carbonyl (C=O) groups excluding carboxylic acids is 2. The summed E-state index contributed by atoms with van der Waals surface area (Å²) in [5.41, 5.74) is 1.07. The molecule has 3 amide bonds. The molecule has 4 aromatic rings. The molecule has 168 valence electrons. The van der Waals surface area contributed by atoms with Gasteiger partial charge < -0.3 is 9.73 Å². The number of aromatic nitrogens is 2.